The van der Waals surface area contributed by atoms with Crippen LogP contribution in [0.15, 0.2) is 0 Å². The van der Waals surface area contributed by atoms with Crippen LogP contribution in [0.3, 0.4) is 0 Å². The third-order valence-corrected chi connectivity index (χ3v) is 2.65. The average molecular weight is 228 g/mol. The Kier molecular flexibility index (Phi) is 4.58. The van der Waals surface area contributed by atoms with Crippen molar-refractivity contribution in [1.82, 2.24) is 9.80 Å². The van der Waals surface area contributed by atoms with Gasteiger partial charge in [-0.15, -0.1) is 0 Å². The number of methoxy groups -OCH3 is 1. The number of carbonyl (C=O) groups is 2. The summed E-state index contributed by atoms with van der Waals surface area (Å²) in [7, 11) is 1.37. The lowest BCUT2D eigenvalue weighted by molar-refractivity contribution is -0.133. The Balaban J connectivity index is 2.37. The van der Waals surface area contributed by atoms with E-state index in [2.05, 4.69) is 4.74 Å². The molecule has 1 heterocycles. The minimum Gasteiger partial charge on any atom is -0.453 e. The number of piperazine rings is 1. The van der Waals surface area contributed by atoms with E-state index in [1.165, 1.54) is 7.11 Å². The van der Waals surface area contributed by atoms with E-state index in [1.54, 1.807) is 4.90 Å². The molecule has 2 amide bonds. The highest BCUT2D eigenvalue weighted by Gasteiger charge is 2.24. The lowest BCUT2D eigenvalue weighted by Gasteiger charge is -2.34. The second-order valence-electron chi connectivity index (χ2n) is 4.44. The summed E-state index contributed by atoms with van der Waals surface area (Å²) in [5.41, 5.74) is 0. The smallest absolute Gasteiger partial charge is 0.409 e. The average Bonchev–Trinajstić information content (AvgIpc) is 2.27. The summed E-state index contributed by atoms with van der Waals surface area (Å²) in [6.07, 6.45) is 0.272. The van der Waals surface area contributed by atoms with Gasteiger partial charge in [-0.05, 0) is 5.92 Å². The van der Waals surface area contributed by atoms with E-state index in [-0.39, 0.29) is 12.0 Å². The molecule has 5 nitrogen and oxygen atoms in total. The SMILES string of the molecule is COC(=O)N1CCN(C(=O)CC(C)C)CC1. The fourth-order valence-electron chi connectivity index (χ4n) is 1.75. The normalized spacial score (nSPS) is 16.5. The third-order valence-electron chi connectivity index (χ3n) is 2.65. The van der Waals surface area contributed by atoms with E-state index in [4.69, 9.17) is 0 Å². The van der Waals surface area contributed by atoms with Crippen molar-refractivity contribution in [3.63, 3.8) is 0 Å². The first-order valence-corrected chi connectivity index (χ1v) is 5.65. The Morgan fingerprint density at radius 3 is 2.06 bits per heavy atom. The maximum atomic E-state index is 11.7. The Hall–Kier alpha value is -1.26. The summed E-state index contributed by atoms with van der Waals surface area (Å²) in [5, 5.41) is 0. The Morgan fingerprint density at radius 2 is 1.62 bits per heavy atom. The van der Waals surface area contributed by atoms with Crippen LogP contribution in [0.25, 0.3) is 0 Å². The van der Waals surface area contributed by atoms with Gasteiger partial charge < -0.3 is 14.5 Å². The van der Waals surface area contributed by atoms with Crippen molar-refractivity contribution in [2.45, 2.75) is 20.3 Å². The number of rotatable bonds is 2. The first kappa shape index (κ1) is 12.8. The molecule has 1 rings (SSSR count). The highest BCUT2D eigenvalue weighted by Crippen LogP contribution is 2.08. The molecule has 0 aliphatic carbocycles. The van der Waals surface area contributed by atoms with Gasteiger partial charge >= 0.3 is 6.09 Å². The van der Waals surface area contributed by atoms with Crippen LogP contribution in [-0.2, 0) is 9.53 Å². The largest absolute Gasteiger partial charge is 0.453 e. The molecule has 0 bridgehead atoms. The molecule has 0 aromatic heterocycles. The lowest BCUT2D eigenvalue weighted by atomic mass is 10.1. The predicted octanol–water partition coefficient (Wildman–Crippen LogP) is 0.943. The third kappa shape index (κ3) is 3.40. The van der Waals surface area contributed by atoms with E-state index in [9.17, 15) is 9.59 Å². The lowest BCUT2D eigenvalue weighted by Crippen LogP contribution is -2.50. The van der Waals surface area contributed by atoms with Crippen LogP contribution in [0.4, 0.5) is 4.79 Å². The molecule has 1 fully saturated rings. The van der Waals surface area contributed by atoms with Gasteiger partial charge in [-0.3, -0.25) is 4.79 Å². The molecule has 0 N–H and O–H groups in total. The summed E-state index contributed by atoms with van der Waals surface area (Å²) in [5.74, 6) is 0.561. The van der Waals surface area contributed by atoms with Crippen molar-refractivity contribution in [1.29, 1.82) is 0 Å². The summed E-state index contributed by atoms with van der Waals surface area (Å²) in [6.45, 7) is 6.42. The summed E-state index contributed by atoms with van der Waals surface area (Å²) in [6, 6.07) is 0. The molecule has 0 aromatic rings. The molecule has 92 valence electrons. The van der Waals surface area contributed by atoms with Gasteiger partial charge in [0.1, 0.15) is 0 Å². The van der Waals surface area contributed by atoms with Gasteiger partial charge in [0, 0.05) is 32.6 Å². The quantitative estimate of drug-likeness (QED) is 0.707. The zero-order valence-corrected chi connectivity index (χ0v) is 10.2. The zero-order valence-electron chi connectivity index (χ0n) is 10.2. The molecule has 0 unspecified atom stereocenters. The number of amides is 2. The molecule has 16 heavy (non-hydrogen) atoms. The van der Waals surface area contributed by atoms with E-state index >= 15 is 0 Å². The van der Waals surface area contributed by atoms with Gasteiger partial charge in [-0.2, -0.15) is 0 Å². The minimum absolute atomic E-state index is 0.180. The van der Waals surface area contributed by atoms with E-state index < -0.39 is 0 Å². The summed E-state index contributed by atoms with van der Waals surface area (Å²) < 4.78 is 4.63. The maximum absolute atomic E-state index is 11.7. The van der Waals surface area contributed by atoms with Crippen molar-refractivity contribution >= 4 is 12.0 Å². The Morgan fingerprint density at radius 1 is 1.12 bits per heavy atom. The van der Waals surface area contributed by atoms with Gasteiger partial charge in [0.2, 0.25) is 5.91 Å². The molecule has 0 saturated carbocycles. The van der Waals surface area contributed by atoms with Crippen LogP contribution < -0.4 is 0 Å². The highest BCUT2D eigenvalue weighted by atomic mass is 16.5. The highest BCUT2D eigenvalue weighted by molar-refractivity contribution is 5.77. The Bertz CT molecular complexity index is 258. The van der Waals surface area contributed by atoms with Crippen LogP contribution >= 0.6 is 0 Å². The molecule has 0 aromatic carbocycles. The van der Waals surface area contributed by atoms with Gasteiger partial charge in [-0.25, -0.2) is 4.79 Å². The first-order valence-electron chi connectivity index (χ1n) is 5.65. The van der Waals surface area contributed by atoms with Gasteiger partial charge in [0.15, 0.2) is 0 Å². The van der Waals surface area contributed by atoms with E-state index in [0.717, 1.165) is 0 Å². The molecule has 0 atom stereocenters. The first-order chi connectivity index (χ1) is 7.54. The Labute approximate surface area is 96.3 Å². The van der Waals surface area contributed by atoms with Crippen molar-refractivity contribution in [3.8, 4) is 0 Å². The molecule has 5 heteroatoms. The topological polar surface area (TPSA) is 49.9 Å². The molecule has 1 saturated heterocycles. The molecular weight excluding hydrogens is 208 g/mol. The molecule has 1 aliphatic heterocycles. The zero-order chi connectivity index (χ0) is 12.1. The standard InChI is InChI=1S/C11H20N2O3/c1-9(2)8-10(14)12-4-6-13(7-5-12)11(15)16-3/h9H,4-8H2,1-3H3. The monoisotopic (exact) mass is 228 g/mol. The van der Waals surface area contributed by atoms with Crippen molar-refractivity contribution < 1.29 is 14.3 Å². The molecule has 1 aliphatic rings. The van der Waals surface area contributed by atoms with E-state index in [1.807, 2.05) is 18.7 Å². The molecular formula is C11H20N2O3. The van der Waals surface area contributed by atoms with E-state index in [0.29, 0.717) is 38.5 Å². The van der Waals surface area contributed by atoms with Crippen molar-refractivity contribution in [2.75, 3.05) is 33.3 Å². The van der Waals surface area contributed by atoms with Gasteiger partial charge in [0.05, 0.1) is 7.11 Å². The predicted molar refractivity (Wildman–Crippen MR) is 60.0 cm³/mol. The minimum atomic E-state index is -0.309. The van der Waals surface area contributed by atoms with Crippen molar-refractivity contribution in [2.24, 2.45) is 5.92 Å². The number of nitrogens with zero attached hydrogens (tertiary/aromatic N) is 2. The molecule has 0 radical (unpaired) electrons. The number of carbonyl (C=O) groups excluding carboxylic acids is 2. The summed E-state index contributed by atoms with van der Waals surface area (Å²) >= 11 is 0. The molecule has 0 spiro atoms. The van der Waals surface area contributed by atoms with Crippen LogP contribution in [0.2, 0.25) is 0 Å². The van der Waals surface area contributed by atoms with Crippen molar-refractivity contribution in [3.05, 3.63) is 0 Å². The van der Waals surface area contributed by atoms with Crippen LogP contribution in [-0.4, -0.2) is 55.1 Å². The van der Waals surface area contributed by atoms with Crippen LogP contribution in [0.1, 0.15) is 20.3 Å². The number of ether oxygens (including phenoxy) is 1. The van der Waals surface area contributed by atoms with Crippen LogP contribution in [0.5, 0.6) is 0 Å². The second-order valence-corrected chi connectivity index (χ2v) is 4.44. The second kappa shape index (κ2) is 5.72. The van der Waals surface area contributed by atoms with Gasteiger partial charge in [0.25, 0.3) is 0 Å². The number of hydrogen-bond donors (Lipinski definition) is 0. The fourth-order valence-corrected chi connectivity index (χ4v) is 1.75. The fraction of sp³-hybridized carbons (Fsp3) is 0.818. The van der Waals surface area contributed by atoms with Gasteiger partial charge in [-0.1, -0.05) is 13.8 Å². The number of hydrogen-bond acceptors (Lipinski definition) is 3. The van der Waals surface area contributed by atoms with Crippen LogP contribution in [0, 0.1) is 5.92 Å². The maximum Gasteiger partial charge on any atom is 0.409 e. The summed E-state index contributed by atoms with van der Waals surface area (Å²) in [4.78, 5) is 26.4.